The number of esters is 2. The molecule has 0 spiro atoms. The molecule has 0 amide bonds. The van der Waals surface area contributed by atoms with E-state index in [-0.39, 0.29) is 11.5 Å². The van der Waals surface area contributed by atoms with Crippen molar-refractivity contribution in [3.63, 3.8) is 0 Å². The van der Waals surface area contributed by atoms with E-state index in [9.17, 15) is 18.0 Å². The van der Waals surface area contributed by atoms with E-state index in [1.165, 1.54) is 12.4 Å². The van der Waals surface area contributed by atoms with E-state index < -0.39 is 27.7 Å². The van der Waals surface area contributed by atoms with Gasteiger partial charge in [-0.25, -0.2) is 23.2 Å². The van der Waals surface area contributed by atoms with Gasteiger partial charge in [-0.05, 0) is 0 Å². The Morgan fingerprint density at radius 3 is 2.42 bits per heavy atom. The third kappa shape index (κ3) is 4.17. The molecule has 0 saturated heterocycles. The lowest BCUT2D eigenvalue weighted by Crippen LogP contribution is -2.25. The minimum atomic E-state index is -4.05. The summed E-state index contributed by atoms with van der Waals surface area (Å²) in [7, 11) is -1.87. The Bertz CT molecular complexity index is 585. The highest BCUT2D eigenvalue weighted by Gasteiger charge is 2.22. The van der Waals surface area contributed by atoms with Crippen molar-refractivity contribution in [2.45, 2.75) is 0 Å². The molecule has 10 heteroatoms. The molecule has 9 nitrogen and oxygen atoms in total. The van der Waals surface area contributed by atoms with E-state index in [0.717, 1.165) is 14.2 Å². The van der Waals surface area contributed by atoms with Crippen LogP contribution in [0.4, 0.5) is 5.82 Å². The third-order valence-corrected chi connectivity index (χ3v) is 2.98. The van der Waals surface area contributed by atoms with Crippen molar-refractivity contribution in [1.29, 1.82) is 0 Å². The summed E-state index contributed by atoms with van der Waals surface area (Å²) >= 11 is 0. The van der Waals surface area contributed by atoms with Crippen LogP contribution in [0.2, 0.25) is 0 Å². The molecular weight excluding hydrogens is 278 g/mol. The van der Waals surface area contributed by atoms with Gasteiger partial charge in [0.1, 0.15) is 0 Å². The Morgan fingerprint density at radius 1 is 1.21 bits per heavy atom. The maximum atomic E-state index is 11.6. The van der Waals surface area contributed by atoms with Crippen LogP contribution >= 0.6 is 0 Å². The van der Waals surface area contributed by atoms with Crippen LogP contribution in [0.25, 0.3) is 0 Å². The fraction of sp³-hybridized carbons (Fsp3) is 0.333. The smallest absolute Gasteiger partial charge is 0.360 e. The molecule has 1 aromatic rings. The van der Waals surface area contributed by atoms with Gasteiger partial charge in [-0.2, -0.15) is 0 Å². The zero-order valence-corrected chi connectivity index (χ0v) is 10.9. The third-order valence-electron chi connectivity index (χ3n) is 1.86. The van der Waals surface area contributed by atoms with Crippen molar-refractivity contribution in [1.82, 2.24) is 9.97 Å². The number of carbonyl (C=O) groups excluding carboxylic acids is 2. The number of ether oxygens (including phenoxy) is 2. The van der Waals surface area contributed by atoms with Crippen LogP contribution in [0.5, 0.6) is 0 Å². The largest absolute Gasteiger partial charge is 0.468 e. The number of carbonyl (C=O) groups is 2. The molecule has 19 heavy (non-hydrogen) atoms. The average Bonchev–Trinajstić information content (AvgIpc) is 2.37. The summed E-state index contributed by atoms with van der Waals surface area (Å²) in [6.45, 7) is 0. The van der Waals surface area contributed by atoms with Gasteiger partial charge in [0, 0.05) is 12.4 Å². The van der Waals surface area contributed by atoms with E-state index in [1.807, 2.05) is 4.72 Å². The van der Waals surface area contributed by atoms with E-state index in [0.29, 0.717) is 0 Å². The van der Waals surface area contributed by atoms with E-state index in [1.54, 1.807) is 0 Å². The molecule has 0 aliphatic rings. The monoisotopic (exact) mass is 289 g/mol. The van der Waals surface area contributed by atoms with Crippen LogP contribution in [0.3, 0.4) is 0 Å². The Morgan fingerprint density at radius 2 is 1.84 bits per heavy atom. The number of rotatable bonds is 5. The first-order valence-electron chi connectivity index (χ1n) is 4.86. The number of nitrogens with zero attached hydrogens (tertiary/aromatic N) is 2. The number of methoxy groups -OCH3 is 2. The lowest BCUT2D eigenvalue weighted by atomic mass is 10.4. The van der Waals surface area contributed by atoms with Gasteiger partial charge in [0.15, 0.2) is 17.3 Å². The second-order valence-corrected chi connectivity index (χ2v) is 4.90. The van der Waals surface area contributed by atoms with Gasteiger partial charge in [0.25, 0.3) is 0 Å². The predicted octanol–water partition coefficient (Wildman–Crippen LogP) is -0.822. The van der Waals surface area contributed by atoms with Crippen molar-refractivity contribution >= 4 is 27.8 Å². The van der Waals surface area contributed by atoms with E-state index >= 15 is 0 Å². The molecule has 0 fully saturated rings. The van der Waals surface area contributed by atoms with Gasteiger partial charge in [-0.3, -0.25) is 9.52 Å². The van der Waals surface area contributed by atoms with Crippen molar-refractivity contribution in [3.05, 3.63) is 18.1 Å². The second-order valence-electron chi connectivity index (χ2n) is 3.18. The second kappa shape index (κ2) is 6.09. The van der Waals surface area contributed by atoms with Crippen molar-refractivity contribution in [2.75, 3.05) is 24.7 Å². The summed E-state index contributed by atoms with van der Waals surface area (Å²) in [5, 5.41) is 0. The quantitative estimate of drug-likeness (QED) is 0.697. The van der Waals surface area contributed by atoms with Crippen LogP contribution in [-0.4, -0.2) is 50.3 Å². The number of hydrogen-bond donors (Lipinski definition) is 1. The van der Waals surface area contributed by atoms with Crippen molar-refractivity contribution < 1.29 is 27.5 Å². The number of nitrogens with one attached hydrogen (secondary N) is 1. The van der Waals surface area contributed by atoms with E-state index in [4.69, 9.17) is 0 Å². The van der Waals surface area contributed by atoms with Crippen LogP contribution in [0.15, 0.2) is 12.4 Å². The predicted molar refractivity (Wildman–Crippen MR) is 62.8 cm³/mol. The van der Waals surface area contributed by atoms with Gasteiger partial charge < -0.3 is 9.47 Å². The lowest BCUT2D eigenvalue weighted by molar-refractivity contribution is -0.137. The standard InChI is InChI=1S/C9H11N3O6S/c1-17-6(13)5-19(15,16)12-8-7(9(14)18-2)10-3-4-11-8/h3-4H,5H2,1-2H3,(H,11,12). The fourth-order valence-corrected chi connectivity index (χ4v) is 2.00. The molecule has 0 aromatic carbocycles. The van der Waals surface area contributed by atoms with Crippen molar-refractivity contribution in [2.24, 2.45) is 0 Å². The SMILES string of the molecule is COC(=O)CS(=O)(=O)Nc1nccnc1C(=O)OC. The molecule has 0 saturated carbocycles. The maximum Gasteiger partial charge on any atom is 0.360 e. The fourth-order valence-electron chi connectivity index (χ4n) is 1.06. The number of sulfonamides is 1. The first-order chi connectivity index (χ1) is 8.89. The zero-order valence-electron chi connectivity index (χ0n) is 10.1. The summed E-state index contributed by atoms with van der Waals surface area (Å²) in [6, 6.07) is 0. The molecule has 1 N–H and O–H groups in total. The van der Waals surface area contributed by atoms with Crippen LogP contribution < -0.4 is 4.72 Å². The number of hydrogen-bond acceptors (Lipinski definition) is 8. The first-order valence-corrected chi connectivity index (χ1v) is 6.51. The van der Waals surface area contributed by atoms with Crippen LogP contribution in [-0.2, 0) is 24.3 Å². The molecule has 104 valence electrons. The van der Waals surface area contributed by atoms with Crippen LogP contribution in [0.1, 0.15) is 10.5 Å². The molecule has 0 atom stereocenters. The van der Waals surface area contributed by atoms with Gasteiger partial charge >= 0.3 is 11.9 Å². The zero-order chi connectivity index (χ0) is 14.5. The first kappa shape index (κ1) is 14.8. The Hall–Kier alpha value is -2.23. The normalized spacial score (nSPS) is 10.6. The Labute approximate surface area is 109 Å². The van der Waals surface area contributed by atoms with Gasteiger partial charge in [0.05, 0.1) is 14.2 Å². The van der Waals surface area contributed by atoms with Gasteiger partial charge in [-0.1, -0.05) is 0 Å². The summed E-state index contributed by atoms with van der Waals surface area (Å²) < 4.78 is 33.8. The topological polar surface area (TPSA) is 125 Å². The molecule has 1 aromatic heterocycles. The Balaban J connectivity index is 3.00. The molecule has 0 bridgehead atoms. The maximum absolute atomic E-state index is 11.6. The van der Waals surface area contributed by atoms with E-state index in [2.05, 4.69) is 19.4 Å². The highest BCUT2D eigenvalue weighted by molar-refractivity contribution is 7.93. The minimum absolute atomic E-state index is 0.307. The highest BCUT2D eigenvalue weighted by atomic mass is 32.2. The lowest BCUT2D eigenvalue weighted by Gasteiger charge is -2.08. The molecule has 0 unspecified atom stereocenters. The summed E-state index contributed by atoms with van der Waals surface area (Å²) in [6.07, 6.45) is 2.38. The molecule has 1 heterocycles. The summed E-state index contributed by atoms with van der Waals surface area (Å²) in [5.41, 5.74) is -0.307. The number of aromatic nitrogens is 2. The summed E-state index contributed by atoms with van der Waals surface area (Å²) in [4.78, 5) is 29.6. The van der Waals surface area contributed by atoms with Crippen LogP contribution in [0, 0.1) is 0 Å². The molecule has 0 aliphatic carbocycles. The Kier molecular flexibility index (Phi) is 4.75. The minimum Gasteiger partial charge on any atom is -0.468 e. The average molecular weight is 289 g/mol. The van der Waals surface area contributed by atoms with Gasteiger partial charge in [0.2, 0.25) is 10.0 Å². The molecular formula is C9H11N3O6S. The van der Waals surface area contributed by atoms with Gasteiger partial charge in [-0.15, -0.1) is 0 Å². The van der Waals surface area contributed by atoms with Crippen molar-refractivity contribution in [3.8, 4) is 0 Å². The molecule has 1 rings (SSSR count). The summed E-state index contributed by atoms with van der Waals surface area (Å²) in [5.74, 6) is -3.03. The number of anilines is 1. The highest BCUT2D eigenvalue weighted by Crippen LogP contribution is 2.11. The molecule has 0 radical (unpaired) electrons. The molecule has 0 aliphatic heterocycles.